The van der Waals surface area contributed by atoms with Crippen molar-refractivity contribution in [3.8, 4) is 11.1 Å². The van der Waals surface area contributed by atoms with E-state index in [1.165, 1.54) is 6.20 Å². The van der Waals surface area contributed by atoms with Crippen molar-refractivity contribution in [2.75, 3.05) is 0 Å². The van der Waals surface area contributed by atoms with Crippen molar-refractivity contribution in [3.05, 3.63) is 53.6 Å². The number of nitrogens with zero attached hydrogens (tertiary/aromatic N) is 1. The van der Waals surface area contributed by atoms with Gasteiger partial charge in [0.15, 0.2) is 12.1 Å². The van der Waals surface area contributed by atoms with Crippen LogP contribution in [0.15, 0.2) is 36.7 Å². The zero-order valence-electron chi connectivity index (χ0n) is 8.77. The van der Waals surface area contributed by atoms with Crippen molar-refractivity contribution in [3.63, 3.8) is 0 Å². The largest absolute Gasteiger partial charge is 0.298 e. The molecule has 1 heterocycles. The molecule has 0 unspecified atom stereocenters. The lowest BCUT2D eigenvalue weighted by atomic mass is 10.0. The monoisotopic (exact) mass is 215 g/mol. The second kappa shape index (κ2) is 4.23. The summed E-state index contributed by atoms with van der Waals surface area (Å²) in [7, 11) is 0. The molecule has 3 heteroatoms. The Hall–Kier alpha value is -2.03. The van der Waals surface area contributed by atoms with Crippen LogP contribution in [0.3, 0.4) is 0 Å². The Labute approximate surface area is 92.8 Å². The molecule has 0 aliphatic heterocycles. The fraction of sp³-hybridized carbons (Fsp3) is 0.0769. The van der Waals surface area contributed by atoms with Crippen LogP contribution in [0.5, 0.6) is 0 Å². The fourth-order valence-corrected chi connectivity index (χ4v) is 1.61. The van der Waals surface area contributed by atoms with Gasteiger partial charge in [-0.15, -0.1) is 0 Å². The van der Waals surface area contributed by atoms with E-state index in [0.717, 1.165) is 17.3 Å². The van der Waals surface area contributed by atoms with Gasteiger partial charge in [0.1, 0.15) is 0 Å². The number of hydrogen-bond donors (Lipinski definition) is 0. The fourth-order valence-electron chi connectivity index (χ4n) is 1.61. The summed E-state index contributed by atoms with van der Waals surface area (Å²) in [4.78, 5) is 14.6. The van der Waals surface area contributed by atoms with Gasteiger partial charge in [0.2, 0.25) is 0 Å². The first-order valence-electron chi connectivity index (χ1n) is 4.88. The summed E-state index contributed by atoms with van der Waals surface area (Å²) in [5.41, 5.74) is 2.44. The molecule has 0 saturated heterocycles. The molecule has 0 aliphatic rings. The highest BCUT2D eigenvalue weighted by molar-refractivity contribution is 5.87. The Morgan fingerprint density at radius 2 is 2.12 bits per heavy atom. The van der Waals surface area contributed by atoms with Crippen molar-refractivity contribution < 1.29 is 9.18 Å². The molecule has 0 amide bonds. The summed E-state index contributed by atoms with van der Waals surface area (Å²) in [6.45, 7) is 1.94. The highest BCUT2D eigenvalue weighted by Crippen LogP contribution is 2.24. The minimum absolute atomic E-state index is 0.0561. The lowest BCUT2D eigenvalue weighted by Gasteiger charge is -2.05. The molecular formula is C13H10FNO. The maximum atomic E-state index is 13.3. The van der Waals surface area contributed by atoms with Crippen molar-refractivity contribution in [1.82, 2.24) is 4.98 Å². The summed E-state index contributed by atoms with van der Waals surface area (Å²) in [5, 5.41) is 0. The normalized spacial score (nSPS) is 10.1. The first-order valence-corrected chi connectivity index (χ1v) is 4.88. The van der Waals surface area contributed by atoms with Crippen molar-refractivity contribution in [1.29, 1.82) is 0 Å². The van der Waals surface area contributed by atoms with Crippen LogP contribution in [-0.4, -0.2) is 11.3 Å². The molecule has 0 saturated carbocycles. The third-order valence-electron chi connectivity index (χ3n) is 2.39. The van der Waals surface area contributed by atoms with E-state index in [0.29, 0.717) is 11.8 Å². The number of benzene rings is 1. The SMILES string of the molecule is Cc1cccc(-c2cncc(F)c2C=O)c1. The van der Waals surface area contributed by atoms with Crippen LogP contribution in [-0.2, 0) is 0 Å². The van der Waals surface area contributed by atoms with Gasteiger partial charge in [0.05, 0.1) is 11.8 Å². The number of aryl methyl sites for hydroxylation is 1. The summed E-state index contributed by atoms with van der Waals surface area (Å²) in [6.07, 6.45) is 3.07. The first-order chi connectivity index (χ1) is 7.72. The topological polar surface area (TPSA) is 30.0 Å². The second-order valence-corrected chi connectivity index (χ2v) is 3.57. The number of pyridine rings is 1. The molecule has 0 spiro atoms. The third-order valence-corrected chi connectivity index (χ3v) is 2.39. The van der Waals surface area contributed by atoms with E-state index >= 15 is 0 Å². The minimum atomic E-state index is -0.589. The Kier molecular flexibility index (Phi) is 2.77. The Morgan fingerprint density at radius 3 is 2.81 bits per heavy atom. The number of carbonyl (C=O) groups is 1. The number of rotatable bonds is 2. The van der Waals surface area contributed by atoms with Gasteiger partial charge in [-0.1, -0.05) is 29.8 Å². The minimum Gasteiger partial charge on any atom is -0.298 e. The molecule has 0 atom stereocenters. The molecule has 80 valence electrons. The predicted octanol–water partition coefficient (Wildman–Crippen LogP) is 3.01. The Bertz CT molecular complexity index is 537. The molecule has 0 N–H and O–H groups in total. The van der Waals surface area contributed by atoms with Gasteiger partial charge < -0.3 is 0 Å². The molecule has 1 aromatic heterocycles. The highest BCUT2D eigenvalue weighted by atomic mass is 19.1. The van der Waals surface area contributed by atoms with Crippen LogP contribution in [0.4, 0.5) is 4.39 Å². The van der Waals surface area contributed by atoms with Crippen molar-refractivity contribution in [2.24, 2.45) is 0 Å². The summed E-state index contributed by atoms with van der Waals surface area (Å²) >= 11 is 0. The van der Waals surface area contributed by atoms with Crippen LogP contribution in [0.25, 0.3) is 11.1 Å². The number of hydrogen-bond acceptors (Lipinski definition) is 2. The number of aromatic nitrogens is 1. The lowest BCUT2D eigenvalue weighted by Crippen LogP contribution is -1.94. The second-order valence-electron chi connectivity index (χ2n) is 3.57. The van der Waals surface area contributed by atoms with Gasteiger partial charge in [-0.2, -0.15) is 0 Å². The van der Waals surface area contributed by atoms with Gasteiger partial charge in [-0.25, -0.2) is 4.39 Å². The number of aldehydes is 1. The quantitative estimate of drug-likeness (QED) is 0.721. The maximum absolute atomic E-state index is 13.3. The van der Waals surface area contributed by atoms with Crippen LogP contribution >= 0.6 is 0 Å². The molecule has 0 bridgehead atoms. The molecule has 2 nitrogen and oxygen atoms in total. The zero-order chi connectivity index (χ0) is 11.5. The van der Waals surface area contributed by atoms with Crippen LogP contribution in [0.2, 0.25) is 0 Å². The van der Waals surface area contributed by atoms with Gasteiger partial charge >= 0.3 is 0 Å². The van der Waals surface area contributed by atoms with Crippen LogP contribution in [0.1, 0.15) is 15.9 Å². The van der Waals surface area contributed by atoms with E-state index in [4.69, 9.17) is 0 Å². The summed E-state index contributed by atoms with van der Waals surface area (Å²) in [6, 6.07) is 7.53. The molecule has 0 aliphatic carbocycles. The summed E-state index contributed by atoms with van der Waals surface area (Å²) < 4.78 is 13.3. The smallest absolute Gasteiger partial charge is 0.153 e. The first kappa shape index (κ1) is 10.5. The van der Waals surface area contributed by atoms with E-state index in [2.05, 4.69) is 4.98 Å². The average molecular weight is 215 g/mol. The molecule has 16 heavy (non-hydrogen) atoms. The van der Waals surface area contributed by atoms with E-state index < -0.39 is 5.82 Å². The van der Waals surface area contributed by atoms with Gasteiger partial charge in [0, 0.05) is 11.8 Å². The molecule has 0 radical (unpaired) electrons. The molecule has 2 rings (SSSR count). The number of carbonyl (C=O) groups excluding carboxylic acids is 1. The maximum Gasteiger partial charge on any atom is 0.153 e. The Balaban J connectivity index is 2.64. The highest BCUT2D eigenvalue weighted by Gasteiger charge is 2.09. The molecule has 1 aromatic carbocycles. The van der Waals surface area contributed by atoms with E-state index in [1.807, 2.05) is 31.2 Å². The zero-order valence-corrected chi connectivity index (χ0v) is 8.77. The van der Waals surface area contributed by atoms with E-state index in [1.54, 1.807) is 0 Å². The van der Waals surface area contributed by atoms with Gasteiger partial charge in [0.25, 0.3) is 0 Å². The van der Waals surface area contributed by atoms with E-state index in [-0.39, 0.29) is 5.56 Å². The van der Waals surface area contributed by atoms with Crippen LogP contribution < -0.4 is 0 Å². The third kappa shape index (κ3) is 1.84. The molecule has 2 aromatic rings. The lowest BCUT2D eigenvalue weighted by molar-refractivity contribution is 0.112. The van der Waals surface area contributed by atoms with E-state index in [9.17, 15) is 9.18 Å². The van der Waals surface area contributed by atoms with Crippen molar-refractivity contribution >= 4 is 6.29 Å². The molecular weight excluding hydrogens is 205 g/mol. The molecule has 0 fully saturated rings. The van der Waals surface area contributed by atoms with Gasteiger partial charge in [-0.05, 0) is 12.5 Å². The average Bonchev–Trinajstić information content (AvgIpc) is 2.28. The summed E-state index contributed by atoms with van der Waals surface area (Å²) in [5.74, 6) is -0.589. The van der Waals surface area contributed by atoms with Gasteiger partial charge in [-0.3, -0.25) is 9.78 Å². The predicted molar refractivity (Wildman–Crippen MR) is 59.8 cm³/mol. The number of halogens is 1. The Morgan fingerprint density at radius 1 is 1.31 bits per heavy atom. The van der Waals surface area contributed by atoms with Crippen LogP contribution in [0, 0.1) is 12.7 Å². The standard InChI is InChI=1S/C13H10FNO/c1-9-3-2-4-10(5-9)11-6-15-7-13(14)12(11)8-16/h2-8H,1H3. The van der Waals surface area contributed by atoms with Crippen molar-refractivity contribution in [2.45, 2.75) is 6.92 Å².